The Morgan fingerprint density at radius 3 is 2.40 bits per heavy atom. The Labute approximate surface area is 250 Å². The number of ether oxygens (including phenoxy) is 3. The summed E-state index contributed by atoms with van der Waals surface area (Å²) < 4.78 is 16.7. The van der Waals surface area contributed by atoms with E-state index in [1.165, 1.54) is 4.90 Å². The van der Waals surface area contributed by atoms with E-state index in [0.29, 0.717) is 17.2 Å². The number of fused-ring (bicyclic) bond motifs is 1. The molecule has 0 saturated heterocycles. The van der Waals surface area contributed by atoms with Gasteiger partial charge in [-0.2, -0.15) is 0 Å². The van der Waals surface area contributed by atoms with Gasteiger partial charge in [0.15, 0.2) is 0 Å². The Balaban J connectivity index is 1.50. The predicted molar refractivity (Wildman–Crippen MR) is 159 cm³/mol. The van der Waals surface area contributed by atoms with Crippen molar-refractivity contribution in [2.24, 2.45) is 0 Å². The van der Waals surface area contributed by atoms with Crippen molar-refractivity contribution in [3.05, 3.63) is 90.0 Å². The van der Waals surface area contributed by atoms with Crippen LogP contribution < -0.4 is 30.2 Å². The molecular weight excluding hydrogens is 552 g/mol. The summed E-state index contributed by atoms with van der Waals surface area (Å²) in [5.41, 5.74) is 1.07. The minimum absolute atomic E-state index is 0.122. The van der Waals surface area contributed by atoms with E-state index in [0.717, 1.165) is 5.56 Å². The first-order chi connectivity index (χ1) is 20.8. The Bertz CT molecular complexity index is 1400. The highest BCUT2D eigenvalue weighted by Crippen LogP contribution is 2.19. The van der Waals surface area contributed by atoms with E-state index in [1.807, 2.05) is 30.3 Å². The van der Waals surface area contributed by atoms with Gasteiger partial charge < -0.3 is 35.1 Å². The summed E-state index contributed by atoms with van der Waals surface area (Å²) in [4.78, 5) is 54.7. The lowest BCUT2D eigenvalue weighted by molar-refractivity contribution is -0.136. The first kappa shape index (κ1) is 30.9. The van der Waals surface area contributed by atoms with Crippen LogP contribution in [0, 0.1) is 0 Å². The zero-order valence-electron chi connectivity index (χ0n) is 24.2. The van der Waals surface area contributed by atoms with Crippen molar-refractivity contribution in [3.63, 3.8) is 0 Å². The van der Waals surface area contributed by atoms with Crippen LogP contribution in [0.1, 0.15) is 22.3 Å². The van der Waals surface area contributed by atoms with Gasteiger partial charge in [-0.25, -0.2) is 0 Å². The van der Waals surface area contributed by atoms with E-state index < -0.39 is 29.8 Å². The lowest BCUT2D eigenvalue weighted by atomic mass is 10.0. The number of hydrogen-bond donors (Lipinski definition) is 3. The Hall–Kier alpha value is -5.06. The maximum atomic E-state index is 13.4. The average molecular weight is 589 g/mol. The average Bonchev–Trinajstić information content (AvgIpc) is 3.02. The molecule has 1 aliphatic heterocycles. The molecule has 0 aliphatic carbocycles. The van der Waals surface area contributed by atoms with Crippen molar-refractivity contribution in [2.75, 3.05) is 40.5 Å². The van der Waals surface area contributed by atoms with Crippen LogP contribution in [0.15, 0.2) is 78.9 Å². The van der Waals surface area contributed by atoms with Crippen molar-refractivity contribution in [2.45, 2.75) is 24.9 Å². The summed E-state index contributed by atoms with van der Waals surface area (Å²) in [5.74, 6) is -0.414. The Morgan fingerprint density at radius 1 is 0.953 bits per heavy atom. The van der Waals surface area contributed by atoms with Crippen molar-refractivity contribution in [3.8, 4) is 17.2 Å². The highest BCUT2D eigenvalue weighted by molar-refractivity contribution is 6.01. The highest BCUT2D eigenvalue weighted by atomic mass is 16.5. The van der Waals surface area contributed by atoms with Gasteiger partial charge in [-0.05, 0) is 42.0 Å². The largest absolute Gasteiger partial charge is 0.497 e. The SMILES string of the molecule is COc1ccc(OCCNC(=O)[C@@H]2CC(=O)N[C@@H](Cc3ccccc3)C(=O)N(C)CCOc3ccccc3C(=O)N2)cc1. The zero-order chi connectivity index (χ0) is 30.6. The topological polar surface area (TPSA) is 135 Å². The van der Waals surface area contributed by atoms with E-state index in [4.69, 9.17) is 14.2 Å². The van der Waals surface area contributed by atoms with Crippen LogP contribution >= 0.6 is 0 Å². The number of rotatable bonds is 8. The van der Waals surface area contributed by atoms with Crippen LogP contribution in [-0.2, 0) is 20.8 Å². The number of para-hydroxylation sites is 1. The van der Waals surface area contributed by atoms with Crippen LogP contribution in [0.3, 0.4) is 0 Å². The van der Waals surface area contributed by atoms with Gasteiger partial charge in [-0.3, -0.25) is 19.2 Å². The predicted octanol–water partition coefficient (Wildman–Crippen LogP) is 1.96. The van der Waals surface area contributed by atoms with E-state index >= 15 is 0 Å². The Morgan fingerprint density at radius 2 is 1.65 bits per heavy atom. The molecule has 0 unspecified atom stereocenters. The molecule has 3 aromatic carbocycles. The molecular formula is C32H36N4O7. The fourth-order valence-electron chi connectivity index (χ4n) is 4.52. The standard InChI is InChI=1S/C32H36N4O7/c1-36-17-19-43-28-11-7-6-10-25(28)30(38)35-26(31(39)33-16-18-42-24-14-12-23(41-2)13-15-24)21-29(37)34-27(32(36)40)20-22-8-4-3-5-9-22/h3-15,26-27H,16-21H2,1-2H3,(H,33,39)(H,34,37)(H,35,38)/t26-,27-/m0/s1. The molecule has 11 nitrogen and oxygen atoms in total. The van der Waals surface area contributed by atoms with Crippen LogP contribution in [0.25, 0.3) is 0 Å². The normalized spacial score (nSPS) is 17.8. The molecule has 0 aromatic heterocycles. The molecule has 0 bridgehead atoms. The summed E-state index contributed by atoms with van der Waals surface area (Å²) in [6.45, 7) is 0.635. The van der Waals surface area contributed by atoms with Gasteiger partial charge >= 0.3 is 0 Å². The van der Waals surface area contributed by atoms with Gasteiger partial charge in [-0.15, -0.1) is 0 Å². The first-order valence-corrected chi connectivity index (χ1v) is 14.0. The van der Waals surface area contributed by atoms with Crippen molar-refractivity contribution >= 4 is 23.6 Å². The molecule has 0 radical (unpaired) electrons. The molecule has 4 rings (SSSR count). The number of carbonyl (C=O) groups is 4. The number of carbonyl (C=O) groups excluding carboxylic acids is 4. The number of nitrogens with one attached hydrogen (secondary N) is 3. The molecule has 2 atom stereocenters. The van der Waals surface area contributed by atoms with E-state index in [2.05, 4.69) is 16.0 Å². The van der Waals surface area contributed by atoms with Crippen LogP contribution in [0.5, 0.6) is 17.2 Å². The minimum atomic E-state index is -1.23. The number of benzene rings is 3. The number of amides is 4. The maximum absolute atomic E-state index is 13.4. The molecule has 226 valence electrons. The zero-order valence-corrected chi connectivity index (χ0v) is 24.2. The molecule has 1 aliphatic rings. The first-order valence-electron chi connectivity index (χ1n) is 14.0. The van der Waals surface area contributed by atoms with Crippen molar-refractivity contribution in [1.82, 2.24) is 20.9 Å². The fraction of sp³-hybridized carbons (Fsp3) is 0.312. The summed E-state index contributed by atoms with van der Waals surface area (Å²) in [6, 6.07) is 20.8. The van der Waals surface area contributed by atoms with Crippen LogP contribution in [0.2, 0.25) is 0 Å². The lowest BCUT2D eigenvalue weighted by Crippen LogP contribution is -2.53. The van der Waals surface area contributed by atoms with Crippen molar-refractivity contribution in [1.29, 1.82) is 0 Å². The summed E-state index contributed by atoms with van der Waals surface area (Å²) in [5, 5.41) is 8.17. The third kappa shape index (κ3) is 8.96. The van der Waals surface area contributed by atoms with Crippen LogP contribution in [0.4, 0.5) is 0 Å². The molecule has 3 aromatic rings. The second kappa shape index (κ2) is 15.2. The number of likely N-dealkylation sites (N-methyl/N-ethyl adjacent to an activating group) is 1. The number of hydrogen-bond acceptors (Lipinski definition) is 7. The maximum Gasteiger partial charge on any atom is 0.255 e. The lowest BCUT2D eigenvalue weighted by Gasteiger charge is -2.26. The van der Waals surface area contributed by atoms with E-state index in [1.54, 1.807) is 62.7 Å². The second-order valence-electron chi connectivity index (χ2n) is 9.96. The van der Waals surface area contributed by atoms with Gasteiger partial charge in [-0.1, -0.05) is 42.5 Å². The quantitative estimate of drug-likeness (QED) is 0.343. The molecule has 0 fully saturated rings. The third-order valence-corrected chi connectivity index (χ3v) is 6.85. The summed E-state index contributed by atoms with van der Waals surface area (Å²) in [6.07, 6.45) is -0.131. The molecule has 1 heterocycles. The number of nitrogens with zero attached hydrogens (tertiary/aromatic N) is 1. The molecule has 0 spiro atoms. The summed E-state index contributed by atoms with van der Waals surface area (Å²) in [7, 11) is 3.20. The summed E-state index contributed by atoms with van der Waals surface area (Å²) >= 11 is 0. The van der Waals surface area contributed by atoms with Gasteiger partial charge in [0.1, 0.15) is 42.5 Å². The molecule has 11 heteroatoms. The third-order valence-electron chi connectivity index (χ3n) is 6.85. The second-order valence-corrected chi connectivity index (χ2v) is 9.96. The van der Waals surface area contributed by atoms with E-state index in [9.17, 15) is 19.2 Å². The monoisotopic (exact) mass is 588 g/mol. The molecule has 43 heavy (non-hydrogen) atoms. The Kier molecular flexibility index (Phi) is 11.0. The number of methoxy groups -OCH3 is 1. The highest BCUT2D eigenvalue weighted by Gasteiger charge is 2.30. The van der Waals surface area contributed by atoms with Crippen molar-refractivity contribution < 1.29 is 33.4 Å². The van der Waals surface area contributed by atoms with Gasteiger partial charge in [0.05, 0.1) is 32.2 Å². The fourth-order valence-corrected chi connectivity index (χ4v) is 4.52. The van der Waals surface area contributed by atoms with Gasteiger partial charge in [0, 0.05) is 13.5 Å². The molecule has 3 N–H and O–H groups in total. The van der Waals surface area contributed by atoms with Crippen LogP contribution in [-0.4, -0.2) is 81.1 Å². The van der Waals surface area contributed by atoms with Gasteiger partial charge in [0.2, 0.25) is 17.7 Å². The van der Waals surface area contributed by atoms with E-state index in [-0.39, 0.29) is 50.6 Å². The minimum Gasteiger partial charge on any atom is -0.497 e. The van der Waals surface area contributed by atoms with Gasteiger partial charge in [0.25, 0.3) is 5.91 Å². The smallest absolute Gasteiger partial charge is 0.255 e. The molecule has 4 amide bonds. The molecule has 0 saturated carbocycles.